The van der Waals surface area contributed by atoms with Gasteiger partial charge in [0.1, 0.15) is 11.6 Å². The van der Waals surface area contributed by atoms with Gasteiger partial charge >= 0.3 is 0 Å². The molecular weight excluding hydrogens is 314 g/mol. The van der Waals surface area contributed by atoms with Gasteiger partial charge in [0.15, 0.2) is 0 Å². The van der Waals surface area contributed by atoms with Gasteiger partial charge in [-0.05, 0) is 52.0 Å². The number of fused-ring (bicyclic) bond motifs is 1. The number of aromatic nitrogens is 1. The first-order chi connectivity index (χ1) is 12.3. The summed E-state index contributed by atoms with van der Waals surface area (Å²) in [6.45, 7) is 9.16. The maximum atomic E-state index is 5.87. The number of nitrogens with one attached hydrogen (secondary N) is 2. The van der Waals surface area contributed by atoms with Gasteiger partial charge in [0, 0.05) is 36.5 Å². The Hall–Kier alpha value is -1.33. The molecule has 0 aliphatic carbocycles. The highest BCUT2D eigenvalue weighted by atomic mass is 16.5. The Balaban J connectivity index is 0.00000109. The highest BCUT2D eigenvalue weighted by molar-refractivity contribution is 5.55. The van der Waals surface area contributed by atoms with Crippen molar-refractivity contribution in [1.82, 2.24) is 10.3 Å². The lowest BCUT2D eigenvalue weighted by Crippen LogP contribution is -2.23. The van der Waals surface area contributed by atoms with Gasteiger partial charge in [-0.1, -0.05) is 13.8 Å². The smallest absolute Gasteiger partial charge is 0.133 e. The number of rotatable bonds is 7. The van der Waals surface area contributed by atoms with Crippen molar-refractivity contribution in [3.8, 4) is 5.75 Å². The molecule has 142 valence electrons. The van der Waals surface area contributed by atoms with E-state index in [9.17, 15) is 0 Å². The maximum absolute atomic E-state index is 5.87. The molecule has 0 radical (unpaired) electrons. The first kappa shape index (κ1) is 20.0. The quantitative estimate of drug-likeness (QED) is 0.737. The van der Waals surface area contributed by atoms with Crippen LogP contribution in [-0.2, 0) is 17.6 Å². The fourth-order valence-corrected chi connectivity index (χ4v) is 3.36. The molecule has 2 N–H and O–H groups in total. The molecule has 0 bridgehead atoms. The predicted molar refractivity (Wildman–Crippen MR) is 104 cm³/mol. The number of anilines is 1. The van der Waals surface area contributed by atoms with E-state index >= 15 is 0 Å². The van der Waals surface area contributed by atoms with E-state index < -0.39 is 0 Å². The summed E-state index contributed by atoms with van der Waals surface area (Å²) in [6, 6.07) is 2.60. The number of hydrogen-bond acceptors (Lipinski definition) is 5. The monoisotopic (exact) mass is 349 g/mol. The van der Waals surface area contributed by atoms with Crippen molar-refractivity contribution in [2.45, 2.75) is 71.4 Å². The molecule has 25 heavy (non-hydrogen) atoms. The summed E-state index contributed by atoms with van der Waals surface area (Å²) in [7, 11) is 1.75. The first-order valence-electron chi connectivity index (χ1n) is 9.92. The molecule has 3 rings (SSSR count). The molecule has 2 unspecified atom stereocenters. The number of pyridine rings is 1. The Bertz CT molecular complexity index is 516. The van der Waals surface area contributed by atoms with Gasteiger partial charge in [-0.25, -0.2) is 4.98 Å². The molecule has 1 aromatic rings. The average molecular weight is 350 g/mol. The molecule has 2 atom stereocenters. The average Bonchev–Trinajstić information content (AvgIpc) is 3.15. The Morgan fingerprint density at radius 3 is 2.80 bits per heavy atom. The fourth-order valence-electron chi connectivity index (χ4n) is 3.36. The highest BCUT2D eigenvalue weighted by Crippen LogP contribution is 2.32. The first-order valence-corrected chi connectivity index (χ1v) is 9.92. The molecule has 5 nitrogen and oxygen atoms in total. The van der Waals surface area contributed by atoms with Gasteiger partial charge in [0.25, 0.3) is 0 Å². The zero-order chi connectivity index (χ0) is 18.1. The highest BCUT2D eigenvalue weighted by Gasteiger charge is 2.20. The standard InChI is InChI=1S/C18H29N3O2.C2H6/c1-13-6-7-16-17(22-2)11-14(21-18(16)20-13)5-3-4-10-23-15-8-9-19-12-15;1-2/h11,13,15,19H,3-10,12H2,1-2H3,(H,20,21);1-2H3. The third-order valence-electron chi connectivity index (χ3n) is 4.76. The zero-order valence-corrected chi connectivity index (χ0v) is 16.4. The Kier molecular flexibility index (Phi) is 8.49. The van der Waals surface area contributed by atoms with Crippen LogP contribution in [-0.4, -0.2) is 43.9 Å². The van der Waals surface area contributed by atoms with E-state index in [1.54, 1.807) is 7.11 Å². The van der Waals surface area contributed by atoms with E-state index in [1.807, 2.05) is 13.8 Å². The fraction of sp³-hybridized carbons (Fsp3) is 0.750. The Labute approximate surface area is 152 Å². The summed E-state index contributed by atoms with van der Waals surface area (Å²) in [5, 5.41) is 6.82. The maximum Gasteiger partial charge on any atom is 0.133 e. The normalized spacial score (nSPS) is 21.8. The van der Waals surface area contributed by atoms with Crippen molar-refractivity contribution in [2.24, 2.45) is 0 Å². The van der Waals surface area contributed by atoms with Gasteiger partial charge in [0.05, 0.1) is 13.2 Å². The molecule has 1 saturated heterocycles. The molecule has 2 aliphatic heterocycles. The van der Waals surface area contributed by atoms with E-state index in [-0.39, 0.29) is 0 Å². The van der Waals surface area contributed by atoms with E-state index in [0.717, 1.165) is 75.5 Å². The number of methoxy groups -OCH3 is 1. The minimum absolute atomic E-state index is 0.419. The van der Waals surface area contributed by atoms with Crippen LogP contribution in [0.4, 0.5) is 5.82 Å². The van der Waals surface area contributed by atoms with Crippen molar-refractivity contribution in [3.05, 3.63) is 17.3 Å². The molecule has 0 aromatic carbocycles. The van der Waals surface area contributed by atoms with Crippen LogP contribution < -0.4 is 15.4 Å². The van der Waals surface area contributed by atoms with Crippen molar-refractivity contribution < 1.29 is 9.47 Å². The van der Waals surface area contributed by atoms with E-state index in [0.29, 0.717) is 12.1 Å². The molecule has 3 heterocycles. The molecule has 0 spiro atoms. The number of nitrogens with zero attached hydrogens (tertiary/aromatic N) is 1. The zero-order valence-electron chi connectivity index (χ0n) is 16.4. The molecule has 0 saturated carbocycles. The van der Waals surface area contributed by atoms with Crippen molar-refractivity contribution in [3.63, 3.8) is 0 Å². The van der Waals surface area contributed by atoms with Crippen LogP contribution in [0.15, 0.2) is 6.07 Å². The lowest BCUT2D eigenvalue weighted by Gasteiger charge is -2.25. The van der Waals surface area contributed by atoms with Crippen LogP contribution in [0.25, 0.3) is 0 Å². The molecule has 1 aromatic heterocycles. The number of hydrogen-bond donors (Lipinski definition) is 2. The second kappa shape index (κ2) is 10.6. The molecular formula is C20H35N3O2. The number of aryl methyl sites for hydroxylation is 1. The van der Waals surface area contributed by atoms with Gasteiger partial charge in [-0.3, -0.25) is 0 Å². The van der Waals surface area contributed by atoms with E-state index in [1.165, 1.54) is 5.56 Å². The largest absolute Gasteiger partial charge is 0.496 e. The van der Waals surface area contributed by atoms with Crippen LogP contribution in [0.3, 0.4) is 0 Å². The van der Waals surface area contributed by atoms with Crippen LogP contribution >= 0.6 is 0 Å². The van der Waals surface area contributed by atoms with Gasteiger partial charge in [-0.15, -0.1) is 0 Å². The van der Waals surface area contributed by atoms with Crippen molar-refractivity contribution >= 4 is 5.82 Å². The second-order valence-corrected chi connectivity index (χ2v) is 6.67. The molecule has 1 fully saturated rings. The summed E-state index contributed by atoms with van der Waals surface area (Å²) in [5.74, 6) is 2.00. The summed E-state index contributed by atoms with van der Waals surface area (Å²) in [6.07, 6.45) is 6.91. The van der Waals surface area contributed by atoms with Crippen LogP contribution in [0.2, 0.25) is 0 Å². The Morgan fingerprint density at radius 2 is 2.08 bits per heavy atom. The summed E-state index contributed by atoms with van der Waals surface area (Å²) in [4.78, 5) is 4.81. The van der Waals surface area contributed by atoms with E-state index in [2.05, 4.69) is 23.6 Å². The molecule has 0 amide bonds. The van der Waals surface area contributed by atoms with Crippen LogP contribution in [0.1, 0.15) is 57.7 Å². The second-order valence-electron chi connectivity index (χ2n) is 6.67. The molecule has 5 heteroatoms. The van der Waals surface area contributed by atoms with Crippen LogP contribution in [0.5, 0.6) is 5.75 Å². The minimum atomic E-state index is 0.419. The van der Waals surface area contributed by atoms with Crippen LogP contribution in [0, 0.1) is 0 Å². The lowest BCUT2D eigenvalue weighted by molar-refractivity contribution is 0.0645. The van der Waals surface area contributed by atoms with Gasteiger partial charge < -0.3 is 20.1 Å². The van der Waals surface area contributed by atoms with Crippen molar-refractivity contribution in [1.29, 1.82) is 0 Å². The van der Waals surface area contributed by atoms with Gasteiger partial charge in [-0.2, -0.15) is 0 Å². The summed E-state index contributed by atoms with van der Waals surface area (Å²) < 4.78 is 11.4. The minimum Gasteiger partial charge on any atom is -0.496 e. The molecule has 2 aliphatic rings. The predicted octanol–water partition coefficient (Wildman–Crippen LogP) is 3.56. The van der Waals surface area contributed by atoms with E-state index in [4.69, 9.17) is 14.5 Å². The SMILES string of the molecule is CC.COc1cc(CCCCOC2CCNC2)nc2c1CCC(C)N2. The lowest BCUT2D eigenvalue weighted by atomic mass is 10.00. The Morgan fingerprint density at radius 1 is 1.24 bits per heavy atom. The van der Waals surface area contributed by atoms with Crippen molar-refractivity contribution in [2.75, 3.05) is 32.1 Å². The topological polar surface area (TPSA) is 55.4 Å². The number of unbranched alkanes of at least 4 members (excludes halogenated alkanes) is 1. The summed E-state index contributed by atoms with van der Waals surface area (Å²) in [5.41, 5.74) is 2.34. The third kappa shape index (κ3) is 5.86. The van der Waals surface area contributed by atoms with Gasteiger partial charge in [0.2, 0.25) is 0 Å². The summed E-state index contributed by atoms with van der Waals surface area (Å²) >= 11 is 0. The third-order valence-corrected chi connectivity index (χ3v) is 4.76. The number of ether oxygens (including phenoxy) is 2.